The van der Waals surface area contributed by atoms with E-state index < -0.39 is 0 Å². The number of aryl methyl sites for hydroxylation is 1. The number of amides is 1. The number of hydrogen-bond donors (Lipinski definition) is 1. The first-order valence-corrected chi connectivity index (χ1v) is 8.27. The van der Waals surface area contributed by atoms with E-state index in [0.717, 1.165) is 38.9 Å². The van der Waals surface area contributed by atoms with Crippen molar-refractivity contribution in [1.29, 1.82) is 0 Å². The van der Waals surface area contributed by atoms with E-state index in [9.17, 15) is 4.79 Å². The van der Waals surface area contributed by atoms with Crippen LogP contribution in [0.15, 0.2) is 36.5 Å². The maximum Gasteiger partial charge on any atom is 0.237 e. The highest BCUT2D eigenvalue weighted by molar-refractivity contribution is 5.81. The molecule has 2 aromatic rings. The summed E-state index contributed by atoms with van der Waals surface area (Å²) in [6.45, 7) is 2.72. The van der Waals surface area contributed by atoms with Gasteiger partial charge in [0.1, 0.15) is 0 Å². The number of hydrogen-bond acceptors (Lipinski definition) is 2. The van der Waals surface area contributed by atoms with Gasteiger partial charge in [-0.2, -0.15) is 0 Å². The minimum Gasteiger partial charge on any atom is -0.355 e. The molecule has 1 N–H and O–H groups in total. The van der Waals surface area contributed by atoms with Crippen LogP contribution in [-0.4, -0.2) is 41.6 Å². The number of nitrogens with one attached hydrogen (secondary N) is 1. The summed E-state index contributed by atoms with van der Waals surface area (Å²) in [5.74, 6) is 0.194. The maximum absolute atomic E-state index is 12.2. The predicted octanol–water partition coefficient (Wildman–Crippen LogP) is 2.63. The molecule has 0 saturated carbocycles. The molecule has 22 heavy (non-hydrogen) atoms. The molecule has 118 valence electrons. The molecule has 1 fully saturated rings. The van der Waals surface area contributed by atoms with Crippen LogP contribution in [0.3, 0.4) is 0 Å². The molecular weight excluding hydrogens is 274 g/mol. The quantitative estimate of drug-likeness (QED) is 0.862. The summed E-state index contributed by atoms with van der Waals surface area (Å²) in [7, 11) is 2.05. The fourth-order valence-corrected chi connectivity index (χ4v) is 3.32. The fraction of sp³-hybridized carbons (Fsp3) is 0.500. The summed E-state index contributed by atoms with van der Waals surface area (Å²) >= 11 is 0. The van der Waals surface area contributed by atoms with Crippen molar-refractivity contribution >= 4 is 16.8 Å². The van der Waals surface area contributed by atoms with Crippen molar-refractivity contribution in [3.63, 3.8) is 0 Å². The van der Waals surface area contributed by atoms with Crippen LogP contribution in [0.2, 0.25) is 0 Å². The van der Waals surface area contributed by atoms with Crippen LogP contribution < -0.4 is 5.32 Å². The molecule has 0 spiro atoms. The topological polar surface area (TPSA) is 37.3 Å². The lowest BCUT2D eigenvalue weighted by Gasteiger charge is -2.31. The van der Waals surface area contributed by atoms with Gasteiger partial charge in [0.15, 0.2) is 0 Å². The third-order valence-electron chi connectivity index (χ3n) is 4.63. The second kappa shape index (κ2) is 6.97. The summed E-state index contributed by atoms with van der Waals surface area (Å²) in [4.78, 5) is 14.4. The number of carbonyl (C=O) groups is 1. The van der Waals surface area contributed by atoms with Crippen LogP contribution in [0.5, 0.6) is 0 Å². The molecule has 0 aliphatic carbocycles. The van der Waals surface area contributed by atoms with Gasteiger partial charge in [0.05, 0.1) is 6.04 Å². The van der Waals surface area contributed by atoms with Gasteiger partial charge in [-0.1, -0.05) is 24.6 Å². The molecule has 2 heterocycles. The van der Waals surface area contributed by atoms with Gasteiger partial charge in [-0.15, -0.1) is 0 Å². The average Bonchev–Trinajstić information content (AvgIpc) is 2.95. The van der Waals surface area contributed by atoms with Crippen LogP contribution in [-0.2, 0) is 11.3 Å². The predicted molar refractivity (Wildman–Crippen MR) is 89.8 cm³/mol. The van der Waals surface area contributed by atoms with Crippen LogP contribution in [0, 0.1) is 0 Å². The largest absolute Gasteiger partial charge is 0.355 e. The van der Waals surface area contributed by atoms with Crippen LogP contribution in [0.25, 0.3) is 10.9 Å². The highest BCUT2D eigenvalue weighted by Crippen LogP contribution is 2.16. The van der Waals surface area contributed by atoms with Crippen molar-refractivity contribution in [3.8, 4) is 0 Å². The van der Waals surface area contributed by atoms with Gasteiger partial charge in [0, 0.05) is 24.8 Å². The van der Waals surface area contributed by atoms with Gasteiger partial charge >= 0.3 is 0 Å². The first-order chi connectivity index (χ1) is 10.8. The molecule has 1 aliphatic heterocycles. The van der Waals surface area contributed by atoms with Crippen molar-refractivity contribution in [2.75, 3.05) is 20.1 Å². The van der Waals surface area contributed by atoms with Crippen LogP contribution >= 0.6 is 0 Å². The number of aromatic nitrogens is 1. The van der Waals surface area contributed by atoms with Gasteiger partial charge in [-0.05, 0) is 50.4 Å². The maximum atomic E-state index is 12.2. The zero-order valence-corrected chi connectivity index (χ0v) is 13.3. The number of piperidine rings is 1. The lowest BCUT2D eigenvalue weighted by Crippen LogP contribution is -2.47. The number of rotatable bonds is 5. The number of para-hydroxylation sites is 1. The van der Waals surface area contributed by atoms with Crippen LogP contribution in [0.1, 0.15) is 25.7 Å². The molecule has 4 heteroatoms. The van der Waals surface area contributed by atoms with Gasteiger partial charge in [-0.3, -0.25) is 9.69 Å². The van der Waals surface area contributed by atoms with E-state index in [0.29, 0.717) is 0 Å². The Kier molecular flexibility index (Phi) is 4.78. The second-order valence-electron chi connectivity index (χ2n) is 6.20. The van der Waals surface area contributed by atoms with Crippen molar-refractivity contribution in [2.45, 2.75) is 38.3 Å². The van der Waals surface area contributed by atoms with E-state index in [2.05, 4.69) is 58.4 Å². The van der Waals surface area contributed by atoms with E-state index in [1.807, 2.05) is 0 Å². The molecule has 1 saturated heterocycles. The zero-order chi connectivity index (χ0) is 15.4. The minimum absolute atomic E-state index is 0.0705. The summed E-state index contributed by atoms with van der Waals surface area (Å²) in [6.07, 6.45) is 6.45. The van der Waals surface area contributed by atoms with Crippen molar-refractivity contribution < 1.29 is 4.79 Å². The van der Waals surface area contributed by atoms with E-state index in [1.165, 1.54) is 17.3 Å². The Morgan fingerprint density at radius 1 is 1.27 bits per heavy atom. The number of likely N-dealkylation sites (N-methyl/N-ethyl adjacent to an activating group) is 1. The summed E-state index contributed by atoms with van der Waals surface area (Å²) < 4.78 is 2.26. The third kappa shape index (κ3) is 3.33. The summed E-state index contributed by atoms with van der Waals surface area (Å²) in [6, 6.07) is 10.6. The number of fused-ring (bicyclic) bond motifs is 1. The molecule has 4 nitrogen and oxygen atoms in total. The summed E-state index contributed by atoms with van der Waals surface area (Å²) in [5.41, 5.74) is 1.26. The fourth-order valence-electron chi connectivity index (χ4n) is 3.32. The SMILES string of the molecule is CN1CCCC[C@@H]1C(=O)NCCCn1ccc2ccccc21. The van der Waals surface area contributed by atoms with Gasteiger partial charge in [0.25, 0.3) is 0 Å². The molecule has 1 aromatic heterocycles. The number of nitrogens with zero attached hydrogens (tertiary/aromatic N) is 2. The molecule has 1 amide bonds. The van der Waals surface area contributed by atoms with E-state index in [1.54, 1.807) is 0 Å². The Morgan fingerprint density at radius 3 is 3.00 bits per heavy atom. The Balaban J connectivity index is 1.46. The molecule has 1 aromatic carbocycles. The molecule has 1 atom stereocenters. The molecule has 0 bridgehead atoms. The molecule has 0 radical (unpaired) electrons. The van der Waals surface area contributed by atoms with Gasteiger partial charge in [0.2, 0.25) is 5.91 Å². The van der Waals surface area contributed by atoms with Gasteiger partial charge in [-0.25, -0.2) is 0 Å². The van der Waals surface area contributed by atoms with Gasteiger partial charge < -0.3 is 9.88 Å². The van der Waals surface area contributed by atoms with E-state index >= 15 is 0 Å². The number of carbonyl (C=O) groups excluding carboxylic acids is 1. The number of benzene rings is 1. The molecular formula is C18H25N3O. The monoisotopic (exact) mass is 299 g/mol. The lowest BCUT2D eigenvalue weighted by atomic mass is 10.0. The zero-order valence-electron chi connectivity index (χ0n) is 13.3. The first kappa shape index (κ1) is 15.1. The molecule has 3 rings (SSSR count). The second-order valence-corrected chi connectivity index (χ2v) is 6.20. The normalized spacial score (nSPS) is 19.4. The Morgan fingerprint density at radius 2 is 2.14 bits per heavy atom. The van der Waals surface area contributed by atoms with Crippen molar-refractivity contribution in [1.82, 2.24) is 14.8 Å². The Labute approximate surface area is 132 Å². The highest BCUT2D eigenvalue weighted by atomic mass is 16.2. The Hall–Kier alpha value is -1.81. The van der Waals surface area contributed by atoms with Crippen LogP contribution in [0.4, 0.5) is 0 Å². The molecule has 1 aliphatic rings. The molecule has 0 unspecified atom stereocenters. The average molecular weight is 299 g/mol. The van der Waals surface area contributed by atoms with E-state index in [4.69, 9.17) is 0 Å². The van der Waals surface area contributed by atoms with E-state index in [-0.39, 0.29) is 11.9 Å². The number of likely N-dealkylation sites (tertiary alicyclic amines) is 1. The first-order valence-electron chi connectivity index (χ1n) is 8.27. The summed E-state index contributed by atoms with van der Waals surface area (Å²) in [5, 5.41) is 4.37. The lowest BCUT2D eigenvalue weighted by molar-refractivity contribution is -0.127. The van der Waals surface area contributed by atoms with Crippen molar-refractivity contribution in [3.05, 3.63) is 36.5 Å². The Bertz CT molecular complexity index is 634. The van der Waals surface area contributed by atoms with Crippen molar-refractivity contribution in [2.24, 2.45) is 0 Å². The highest BCUT2D eigenvalue weighted by Gasteiger charge is 2.25. The minimum atomic E-state index is 0.0705. The smallest absolute Gasteiger partial charge is 0.237 e. The standard InChI is InChI=1S/C18H25N3O/c1-20-12-5-4-9-17(20)18(22)19-11-6-13-21-14-10-15-7-2-3-8-16(15)21/h2-3,7-8,10,14,17H,4-6,9,11-13H2,1H3,(H,19,22)/t17-/m1/s1. The third-order valence-corrected chi connectivity index (χ3v) is 4.63.